The van der Waals surface area contributed by atoms with Gasteiger partial charge in [0.1, 0.15) is 0 Å². The first-order valence-electron chi connectivity index (χ1n) is 9.86. The Balaban J connectivity index is 1.47. The summed E-state index contributed by atoms with van der Waals surface area (Å²) in [5.41, 5.74) is 4.26. The standard InChI is InChI=1S/C23H25N3OS/c27-22(24-20-11-7-8-12-20)17-28-16-19-15-26(21-13-5-2-6-14-21)25-23(19)18-9-3-1-4-10-18/h1-6,9-10,13-15,20H,7-8,11-12,16-17H2,(H,24,27). The van der Waals surface area contributed by atoms with Gasteiger partial charge in [0.25, 0.3) is 0 Å². The number of aromatic nitrogens is 2. The molecule has 0 unspecified atom stereocenters. The fourth-order valence-electron chi connectivity index (χ4n) is 3.66. The summed E-state index contributed by atoms with van der Waals surface area (Å²) in [4.78, 5) is 12.2. The van der Waals surface area contributed by atoms with E-state index in [2.05, 4.69) is 23.6 Å². The van der Waals surface area contributed by atoms with E-state index >= 15 is 0 Å². The van der Waals surface area contributed by atoms with Crippen LogP contribution in [-0.4, -0.2) is 27.5 Å². The quantitative estimate of drug-likeness (QED) is 0.627. The van der Waals surface area contributed by atoms with Crippen molar-refractivity contribution in [2.45, 2.75) is 37.5 Å². The van der Waals surface area contributed by atoms with Crippen molar-refractivity contribution in [1.29, 1.82) is 0 Å². The third kappa shape index (κ3) is 4.65. The number of benzene rings is 2. The molecule has 1 aliphatic rings. The van der Waals surface area contributed by atoms with Crippen LogP contribution in [0.2, 0.25) is 0 Å². The lowest BCUT2D eigenvalue weighted by Gasteiger charge is -2.11. The van der Waals surface area contributed by atoms with E-state index in [9.17, 15) is 4.79 Å². The van der Waals surface area contributed by atoms with Crippen LogP contribution in [0.1, 0.15) is 31.2 Å². The lowest BCUT2D eigenvalue weighted by molar-refractivity contribution is -0.119. The van der Waals surface area contributed by atoms with E-state index < -0.39 is 0 Å². The highest BCUT2D eigenvalue weighted by molar-refractivity contribution is 7.99. The highest BCUT2D eigenvalue weighted by atomic mass is 32.2. The van der Waals surface area contributed by atoms with Crippen LogP contribution in [0.15, 0.2) is 66.9 Å². The Labute approximate surface area is 170 Å². The van der Waals surface area contributed by atoms with Crippen LogP contribution >= 0.6 is 11.8 Å². The monoisotopic (exact) mass is 391 g/mol. The van der Waals surface area contributed by atoms with Gasteiger partial charge in [0.15, 0.2) is 0 Å². The van der Waals surface area contributed by atoms with Crippen molar-refractivity contribution < 1.29 is 4.79 Å². The lowest BCUT2D eigenvalue weighted by atomic mass is 10.1. The number of hydrogen-bond acceptors (Lipinski definition) is 3. The molecule has 3 aromatic rings. The number of hydrogen-bond donors (Lipinski definition) is 1. The van der Waals surface area contributed by atoms with E-state index in [1.165, 1.54) is 12.8 Å². The molecule has 1 aliphatic carbocycles. The molecule has 5 heteroatoms. The average Bonchev–Trinajstić information content (AvgIpc) is 3.39. The first kappa shape index (κ1) is 18.8. The molecule has 0 aliphatic heterocycles. The first-order chi connectivity index (χ1) is 13.8. The van der Waals surface area contributed by atoms with Crippen molar-refractivity contribution in [1.82, 2.24) is 15.1 Å². The molecule has 4 nitrogen and oxygen atoms in total. The molecule has 0 radical (unpaired) electrons. The van der Waals surface area contributed by atoms with Crippen LogP contribution < -0.4 is 5.32 Å². The van der Waals surface area contributed by atoms with E-state index in [1.54, 1.807) is 11.8 Å². The molecule has 0 saturated heterocycles. The Kier molecular flexibility index (Phi) is 6.12. The highest BCUT2D eigenvalue weighted by Crippen LogP contribution is 2.27. The SMILES string of the molecule is O=C(CSCc1cn(-c2ccccc2)nc1-c1ccccc1)NC1CCCC1. The highest BCUT2D eigenvalue weighted by Gasteiger charge is 2.17. The maximum Gasteiger partial charge on any atom is 0.230 e. The second-order valence-electron chi connectivity index (χ2n) is 7.19. The molecular formula is C23H25N3OS. The number of para-hydroxylation sites is 1. The predicted octanol–water partition coefficient (Wildman–Crippen LogP) is 4.83. The van der Waals surface area contributed by atoms with Crippen LogP contribution in [-0.2, 0) is 10.5 Å². The third-order valence-corrected chi connectivity index (χ3v) is 6.05. The van der Waals surface area contributed by atoms with Gasteiger partial charge in [-0.2, -0.15) is 5.10 Å². The predicted molar refractivity (Wildman–Crippen MR) is 116 cm³/mol. The number of amides is 1. The van der Waals surface area contributed by atoms with Gasteiger partial charge >= 0.3 is 0 Å². The lowest BCUT2D eigenvalue weighted by Crippen LogP contribution is -2.33. The van der Waals surface area contributed by atoms with Gasteiger partial charge in [-0.1, -0.05) is 61.4 Å². The minimum atomic E-state index is 0.147. The zero-order valence-corrected chi connectivity index (χ0v) is 16.7. The number of carbonyl (C=O) groups excluding carboxylic acids is 1. The minimum Gasteiger partial charge on any atom is -0.353 e. The van der Waals surface area contributed by atoms with Crippen LogP contribution in [0, 0.1) is 0 Å². The number of nitrogens with one attached hydrogen (secondary N) is 1. The summed E-state index contributed by atoms with van der Waals surface area (Å²) in [6.07, 6.45) is 6.80. The van der Waals surface area contributed by atoms with Crippen molar-refractivity contribution >= 4 is 17.7 Å². The molecule has 1 fully saturated rings. The first-order valence-corrected chi connectivity index (χ1v) is 11.0. The summed E-state index contributed by atoms with van der Waals surface area (Å²) >= 11 is 1.65. The van der Waals surface area contributed by atoms with Crippen molar-refractivity contribution in [3.05, 3.63) is 72.4 Å². The van der Waals surface area contributed by atoms with Crippen molar-refractivity contribution in [2.75, 3.05) is 5.75 Å². The molecule has 2 aromatic carbocycles. The van der Waals surface area contributed by atoms with Gasteiger partial charge in [0, 0.05) is 29.1 Å². The van der Waals surface area contributed by atoms with Crippen molar-refractivity contribution in [3.63, 3.8) is 0 Å². The topological polar surface area (TPSA) is 46.9 Å². The van der Waals surface area contributed by atoms with Gasteiger partial charge in [0.2, 0.25) is 5.91 Å². The summed E-state index contributed by atoms with van der Waals surface area (Å²) in [6.45, 7) is 0. The van der Waals surface area contributed by atoms with Crippen LogP contribution in [0.25, 0.3) is 16.9 Å². The molecule has 1 N–H and O–H groups in total. The molecule has 1 heterocycles. The molecule has 0 spiro atoms. The second-order valence-corrected chi connectivity index (χ2v) is 8.18. The summed E-state index contributed by atoms with van der Waals surface area (Å²) < 4.78 is 1.93. The summed E-state index contributed by atoms with van der Waals surface area (Å²) in [7, 11) is 0. The molecule has 1 saturated carbocycles. The third-order valence-electron chi connectivity index (χ3n) is 5.07. The number of rotatable bonds is 7. The van der Waals surface area contributed by atoms with Gasteiger partial charge in [-0.25, -0.2) is 4.68 Å². The maximum absolute atomic E-state index is 12.2. The van der Waals surface area contributed by atoms with E-state index in [1.807, 2.05) is 53.2 Å². The largest absolute Gasteiger partial charge is 0.353 e. The van der Waals surface area contributed by atoms with Crippen LogP contribution in [0.4, 0.5) is 0 Å². The second kappa shape index (κ2) is 9.11. The van der Waals surface area contributed by atoms with Gasteiger partial charge in [-0.05, 0) is 25.0 Å². The van der Waals surface area contributed by atoms with Crippen LogP contribution in [0.5, 0.6) is 0 Å². The Hall–Kier alpha value is -2.53. The Morgan fingerprint density at radius 2 is 1.71 bits per heavy atom. The Bertz CT molecular complexity index is 902. The van der Waals surface area contributed by atoms with E-state index in [0.29, 0.717) is 11.8 Å². The van der Waals surface area contributed by atoms with E-state index in [4.69, 9.17) is 5.10 Å². The molecule has 0 atom stereocenters. The zero-order valence-electron chi connectivity index (χ0n) is 15.9. The fraction of sp³-hybridized carbons (Fsp3) is 0.304. The van der Waals surface area contributed by atoms with Gasteiger partial charge in [-0.15, -0.1) is 11.8 Å². The van der Waals surface area contributed by atoms with Crippen molar-refractivity contribution in [2.24, 2.45) is 0 Å². The van der Waals surface area contributed by atoms with E-state index in [-0.39, 0.29) is 5.91 Å². The van der Waals surface area contributed by atoms with E-state index in [0.717, 1.165) is 41.1 Å². The number of carbonyl (C=O) groups is 1. The molecule has 144 valence electrons. The normalized spacial score (nSPS) is 14.3. The molecule has 4 rings (SSSR count). The Morgan fingerprint density at radius 3 is 2.43 bits per heavy atom. The summed E-state index contributed by atoms with van der Waals surface area (Å²) in [5.74, 6) is 1.39. The smallest absolute Gasteiger partial charge is 0.230 e. The van der Waals surface area contributed by atoms with Gasteiger partial charge in [-0.3, -0.25) is 4.79 Å². The van der Waals surface area contributed by atoms with Crippen LogP contribution in [0.3, 0.4) is 0 Å². The minimum absolute atomic E-state index is 0.147. The molecule has 1 aromatic heterocycles. The van der Waals surface area contributed by atoms with Crippen molar-refractivity contribution in [3.8, 4) is 16.9 Å². The Morgan fingerprint density at radius 1 is 1.04 bits per heavy atom. The molecule has 0 bridgehead atoms. The number of nitrogens with zero attached hydrogens (tertiary/aromatic N) is 2. The summed E-state index contributed by atoms with van der Waals surface area (Å²) in [5, 5.41) is 8.00. The maximum atomic E-state index is 12.2. The van der Waals surface area contributed by atoms with Gasteiger partial charge < -0.3 is 5.32 Å². The molecule has 1 amide bonds. The fourth-order valence-corrected chi connectivity index (χ4v) is 4.46. The summed E-state index contributed by atoms with van der Waals surface area (Å²) in [6, 6.07) is 20.8. The van der Waals surface area contributed by atoms with Gasteiger partial charge in [0.05, 0.1) is 17.1 Å². The molecular weight excluding hydrogens is 366 g/mol. The average molecular weight is 392 g/mol. The molecule has 28 heavy (non-hydrogen) atoms. The zero-order chi connectivity index (χ0) is 19.2. The number of thioether (sulfide) groups is 1.